The Labute approximate surface area is 177 Å². The van der Waals surface area contributed by atoms with Gasteiger partial charge in [0.05, 0.1) is 16.2 Å². The van der Waals surface area contributed by atoms with Crippen molar-refractivity contribution in [1.29, 1.82) is 0 Å². The first-order chi connectivity index (χ1) is 14.4. The average molecular weight is 448 g/mol. The molecule has 158 valence electrons. The van der Waals surface area contributed by atoms with Gasteiger partial charge >= 0.3 is 5.97 Å². The Morgan fingerprint density at radius 3 is 2.77 bits per heavy atom. The van der Waals surface area contributed by atoms with Crippen molar-refractivity contribution in [3.8, 4) is 0 Å². The number of carbonyl (C=O) groups is 1. The van der Waals surface area contributed by atoms with Gasteiger partial charge in [-0.3, -0.25) is 9.20 Å². The highest BCUT2D eigenvalue weighted by Gasteiger charge is 2.30. The SMILES string of the molecule is CC1CCCCN1S(=O)(=O)c1ccc(C(=O)OCc2cc(=O)n3ccsc3n2)cc1. The number of rotatable bonds is 5. The third-order valence-electron chi connectivity index (χ3n) is 5.15. The lowest BCUT2D eigenvalue weighted by Crippen LogP contribution is -2.41. The lowest BCUT2D eigenvalue weighted by molar-refractivity contribution is 0.0467. The molecule has 4 rings (SSSR count). The molecule has 1 aromatic carbocycles. The molecule has 10 heteroatoms. The molecule has 1 atom stereocenters. The van der Waals surface area contributed by atoms with Crippen molar-refractivity contribution >= 4 is 32.3 Å². The summed E-state index contributed by atoms with van der Waals surface area (Å²) < 4.78 is 33.9. The van der Waals surface area contributed by atoms with Crippen LogP contribution in [0.4, 0.5) is 0 Å². The first kappa shape index (κ1) is 20.7. The predicted molar refractivity (Wildman–Crippen MR) is 112 cm³/mol. The van der Waals surface area contributed by atoms with Crippen LogP contribution in [-0.4, -0.2) is 40.7 Å². The number of carbonyl (C=O) groups excluding carboxylic acids is 1. The van der Waals surface area contributed by atoms with E-state index < -0.39 is 16.0 Å². The zero-order chi connectivity index (χ0) is 21.3. The Kier molecular flexibility index (Phi) is 5.72. The Morgan fingerprint density at radius 2 is 2.03 bits per heavy atom. The second kappa shape index (κ2) is 8.29. The van der Waals surface area contributed by atoms with Crippen molar-refractivity contribution in [2.45, 2.75) is 43.7 Å². The summed E-state index contributed by atoms with van der Waals surface area (Å²) in [6.45, 7) is 2.28. The molecular weight excluding hydrogens is 426 g/mol. The van der Waals surface area contributed by atoms with Gasteiger partial charge in [-0.05, 0) is 44.0 Å². The molecule has 2 aromatic heterocycles. The van der Waals surface area contributed by atoms with Crippen LogP contribution in [0.3, 0.4) is 0 Å². The Bertz CT molecular complexity index is 1230. The highest BCUT2D eigenvalue weighted by molar-refractivity contribution is 7.89. The molecule has 1 aliphatic heterocycles. The van der Waals surface area contributed by atoms with E-state index in [4.69, 9.17) is 4.74 Å². The van der Waals surface area contributed by atoms with Gasteiger partial charge in [-0.25, -0.2) is 18.2 Å². The fraction of sp³-hybridized carbons (Fsp3) is 0.350. The normalized spacial score (nSPS) is 17.8. The number of benzene rings is 1. The zero-order valence-corrected chi connectivity index (χ0v) is 18.0. The topological polar surface area (TPSA) is 98.0 Å². The molecule has 1 aliphatic rings. The summed E-state index contributed by atoms with van der Waals surface area (Å²) in [6.07, 6.45) is 4.35. The first-order valence-corrected chi connectivity index (χ1v) is 11.9. The van der Waals surface area contributed by atoms with Crippen molar-refractivity contribution in [2.75, 3.05) is 6.54 Å². The van der Waals surface area contributed by atoms with Crippen LogP contribution in [0.5, 0.6) is 0 Å². The molecule has 0 spiro atoms. The van der Waals surface area contributed by atoms with Gasteiger partial charge in [-0.2, -0.15) is 4.31 Å². The van der Waals surface area contributed by atoms with Crippen LogP contribution in [0.1, 0.15) is 42.2 Å². The third kappa shape index (κ3) is 4.03. The molecule has 0 aliphatic carbocycles. The van der Waals surface area contributed by atoms with Gasteiger partial charge in [0.2, 0.25) is 10.0 Å². The van der Waals surface area contributed by atoms with Crippen LogP contribution in [0.25, 0.3) is 4.96 Å². The van der Waals surface area contributed by atoms with E-state index in [-0.39, 0.29) is 28.7 Å². The number of fused-ring (bicyclic) bond motifs is 1. The van der Waals surface area contributed by atoms with Crippen LogP contribution in [0, 0.1) is 0 Å². The number of hydrogen-bond donors (Lipinski definition) is 0. The lowest BCUT2D eigenvalue weighted by Gasteiger charge is -2.32. The highest BCUT2D eigenvalue weighted by atomic mass is 32.2. The van der Waals surface area contributed by atoms with E-state index in [1.54, 1.807) is 11.6 Å². The van der Waals surface area contributed by atoms with Crippen LogP contribution in [0.2, 0.25) is 0 Å². The quantitative estimate of drug-likeness (QED) is 0.558. The van der Waals surface area contributed by atoms with E-state index in [9.17, 15) is 18.0 Å². The standard InChI is InChI=1S/C20H21N3O5S2/c1-14-4-2-3-9-23(14)30(26,27)17-7-5-15(6-8-17)19(25)28-13-16-12-18(24)22-10-11-29-20(22)21-16/h5-8,10-12,14H,2-4,9,13H2,1H3. The molecule has 0 amide bonds. The van der Waals surface area contributed by atoms with Crippen LogP contribution in [-0.2, 0) is 21.4 Å². The second-order valence-electron chi connectivity index (χ2n) is 7.20. The molecule has 3 heterocycles. The van der Waals surface area contributed by atoms with Crippen molar-refractivity contribution in [1.82, 2.24) is 13.7 Å². The molecule has 3 aromatic rings. The molecule has 0 bridgehead atoms. The zero-order valence-electron chi connectivity index (χ0n) is 16.4. The highest BCUT2D eigenvalue weighted by Crippen LogP contribution is 2.25. The lowest BCUT2D eigenvalue weighted by atomic mass is 10.1. The maximum atomic E-state index is 12.9. The van der Waals surface area contributed by atoms with Gasteiger partial charge in [-0.15, -0.1) is 11.3 Å². The fourth-order valence-corrected chi connectivity index (χ4v) is 5.95. The van der Waals surface area contributed by atoms with E-state index in [1.165, 1.54) is 50.4 Å². The van der Waals surface area contributed by atoms with Crippen molar-refractivity contribution in [2.24, 2.45) is 0 Å². The van der Waals surface area contributed by atoms with Gasteiger partial charge in [0.25, 0.3) is 5.56 Å². The second-order valence-corrected chi connectivity index (χ2v) is 9.97. The van der Waals surface area contributed by atoms with Crippen LogP contribution < -0.4 is 5.56 Å². The van der Waals surface area contributed by atoms with Crippen LogP contribution in [0.15, 0.2) is 51.6 Å². The number of piperidine rings is 1. The number of nitrogens with zero attached hydrogens (tertiary/aromatic N) is 3. The van der Waals surface area contributed by atoms with Crippen LogP contribution >= 0.6 is 11.3 Å². The Morgan fingerprint density at radius 1 is 1.27 bits per heavy atom. The maximum Gasteiger partial charge on any atom is 0.338 e. The molecule has 1 saturated heterocycles. The van der Waals surface area contributed by atoms with Crippen molar-refractivity contribution < 1.29 is 17.9 Å². The predicted octanol–water partition coefficient (Wildman–Crippen LogP) is 2.68. The summed E-state index contributed by atoms with van der Waals surface area (Å²) in [7, 11) is -3.59. The van der Waals surface area contributed by atoms with Gasteiger partial charge in [0.15, 0.2) is 4.96 Å². The third-order valence-corrected chi connectivity index (χ3v) is 7.93. The number of esters is 1. The number of thiazole rings is 1. The van der Waals surface area contributed by atoms with Crippen molar-refractivity contribution in [3.05, 3.63) is 63.5 Å². The van der Waals surface area contributed by atoms with E-state index in [0.29, 0.717) is 17.2 Å². The Hall–Kier alpha value is -2.56. The van der Waals surface area contributed by atoms with Gasteiger partial charge in [0, 0.05) is 30.2 Å². The summed E-state index contributed by atoms with van der Waals surface area (Å²) in [6, 6.07) is 7.02. The van der Waals surface area contributed by atoms with Gasteiger partial charge in [0.1, 0.15) is 6.61 Å². The van der Waals surface area contributed by atoms with E-state index in [0.717, 1.165) is 19.3 Å². The maximum absolute atomic E-state index is 12.9. The average Bonchev–Trinajstić information content (AvgIpc) is 3.21. The molecule has 0 N–H and O–H groups in total. The summed E-state index contributed by atoms with van der Waals surface area (Å²) in [5, 5.41) is 1.75. The van der Waals surface area contributed by atoms with E-state index in [2.05, 4.69) is 4.98 Å². The fourth-order valence-electron chi connectivity index (χ4n) is 3.51. The molecule has 1 fully saturated rings. The molecule has 0 saturated carbocycles. The summed E-state index contributed by atoms with van der Waals surface area (Å²) in [5.74, 6) is -0.613. The summed E-state index contributed by atoms with van der Waals surface area (Å²) >= 11 is 1.31. The smallest absolute Gasteiger partial charge is 0.338 e. The summed E-state index contributed by atoms with van der Waals surface area (Å²) in [4.78, 5) is 29.3. The molecular formula is C20H21N3O5S2. The molecule has 30 heavy (non-hydrogen) atoms. The van der Waals surface area contributed by atoms with Gasteiger partial charge < -0.3 is 4.74 Å². The minimum absolute atomic E-state index is 0.0364. The Balaban J connectivity index is 1.45. The van der Waals surface area contributed by atoms with E-state index >= 15 is 0 Å². The molecule has 0 radical (unpaired) electrons. The first-order valence-electron chi connectivity index (χ1n) is 9.61. The molecule has 1 unspecified atom stereocenters. The minimum Gasteiger partial charge on any atom is -0.456 e. The molecule has 8 nitrogen and oxygen atoms in total. The monoisotopic (exact) mass is 447 g/mol. The summed E-state index contributed by atoms with van der Waals surface area (Å²) in [5.41, 5.74) is 0.345. The minimum atomic E-state index is -3.59. The number of hydrogen-bond acceptors (Lipinski definition) is 7. The van der Waals surface area contributed by atoms with E-state index in [1.807, 2.05) is 6.92 Å². The number of aromatic nitrogens is 2. The number of sulfonamides is 1. The van der Waals surface area contributed by atoms with Gasteiger partial charge in [-0.1, -0.05) is 6.42 Å². The van der Waals surface area contributed by atoms with Crippen molar-refractivity contribution in [3.63, 3.8) is 0 Å². The number of ether oxygens (including phenoxy) is 1. The largest absolute Gasteiger partial charge is 0.456 e.